The minimum atomic E-state index is -10.7. The Morgan fingerprint density at radius 1 is 0.818 bits per heavy atom. The van der Waals surface area contributed by atoms with Crippen LogP contribution in [-0.4, -0.2) is 23.9 Å². The van der Waals surface area contributed by atoms with Crippen LogP contribution in [0, 0.1) is 7.14 Å². The van der Waals surface area contributed by atoms with Crippen LogP contribution in [0.3, 0.4) is 0 Å². The number of unbranched alkanes of at least 4 members (excludes halogenated alkanes) is 3. The first-order chi connectivity index (χ1) is 15.2. The van der Waals surface area contributed by atoms with Gasteiger partial charge in [0.15, 0.2) is 3.57 Å². The van der Waals surface area contributed by atoms with Crippen LogP contribution in [0.4, 0.5) is 25.2 Å². The molecule has 0 fully saturated rings. The molecule has 190 valence electrons. The predicted octanol–water partition coefficient (Wildman–Crippen LogP) is 4.15. The van der Waals surface area contributed by atoms with Crippen molar-refractivity contribution < 1.29 is 66.1 Å². The zero-order valence-electron chi connectivity index (χ0n) is 18.2. The fourth-order valence-electron chi connectivity index (χ4n) is 2.61. The Bertz CT molecular complexity index is 841. The number of halogens is 7. The fourth-order valence-corrected chi connectivity index (χ4v) is 5.30. The van der Waals surface area contributed by atoms with Crippen molar-refractivity contribution in [1.82, 2.24) is 0 Å². The molecule has 0 aliphatic heterocycles. The molecule has 0 atom stereocenters. The first-order valence-corrected chi connectivity index (χ1v) is 14.2. The summed E-state index contributed by atoms with van der Waals surface area (Å²) >= 11 is -0.511. The topological polar surface area (TPSA) is 58.9 Å². The molecule has 4 nitrogen and oxygen atoms in total. The Kier molecular flexibility index (Phi) is 10.7. The van der Waals surface area contributed by atoms with Gasteiger partial charge in [0.25, 0.3) is 0 Å². The zero-order valence-corrected chi connectivity index (χ0v) is 21.3. The summed E-state index contributed by atoms with van der Waals surface area (Å²) in [6, 6.07) is 11.9. The number of hydrogen-bond acceptors (Lipinski definition) is 4. The fraction of sp³-hybridized carbons (Fsp3) is 0.429. The van der Waals surface area contributed by atoms with Crippen LogP contribution in [0.5, 0.6) is 11.5 Å². The molecular formula is C21H28F6IO4P. The molecule has 2 aromatic carbocycles. The van der Waals surface area contributed by atoms with Crippen molar-refractivity contribution in [3.8, 4) is 11.5 Å². The summed E-state index contributed by atoms with van der Waals surface area (Å²) in [5, 5.41) is 19.4. The van der Waals surface area contributed by atoms with E-state index >= 15 is 0 Å². The molecule has 0 aromatic heterocycles. The Labute approximate surface area is 199 Å². The van der Waals surface area contributed by atoms with E-state index in [4.69, 9.17) is 9.47 Å². The molecule has 2 aromatic rings. The van der Waals surface area contributed by atoms with Gasteiger partial charge in [0.1, 0.15) is 11.5 Å². The molecule has 12 heteroatoms. The zero-order chi connectivity index (χ0) is 25.2. The van der Waals surface area contributed by atoms with Gasteiger partial charge in [-0.2, -0.15) is 0 Å². The molecule has 0 amide bonds. The average Bonchev–Trinajstić information content (AvgIpc) is 2.72. The van der Waals surface area contributed by atoms with Gasteiger partial charge < -0.3 is 19.7 Å². The first-order valence-electron chi connectivity index (χ1n) is 10.0. The van der Waals surface area contributed by atoms with Gasteiger partial charge in [-0.25, -0.2) is 0 Å². The monoisotopic (exact) mass is 616 g/mol. The van der Waals surface area contributed by atoms with Gasteiger partial charge in [0, 0.05) is 11.1 Å². The number of hydrogen-bond donors (Lipinski definition) is 2. The van der Waals surface area contributed by atoms with Crippen LogP contribution >= 0.6 is 7.81 Å². The van der Waals surface area contributed by atoms with Gasteiger partial charge in [0.05, 0.1) is 26.9 Å². The van der Waals surface area contributed by atoms with E-state index in [9.17, 15) is 35.4 Å². The van der Waals surface area contributed by atoms with Crippen molar-refractivity contribution in [2.75, 3.05) is 13.7 Å². The van der Waals surface area contributed by atoms with Crippen molar-refractivity contribution in [1.29, 1.82) is 0 Å². The molecule has 0 spiro atoms. The third-order valence-corrected chi connectivity index (χ3v) is 7.32. The molecule has 0 saturated carbocycles. The van der Waals surface area contributed by atoms with E-state index in [-0.39, 0.29) is 13.2 Å². The molecule has 0 heterocycles. The van der Waals surface area contributed by atoms with Crippen LogP contribution in [0.2, 0.25) is 0 Å². The van der Waals surface area contributed by atoms with E-state index in [1.165, 1.54) is 22.8 Å². The van der Waals surface area contributed by atoms with E-state index < -0.39 is 29.0 Å². The third kappa shape index (κ3) is 14.5. The van der Waals surface area contributed by atoms with Crippen molar-refractivity contribution in [2.24, 2.45) is 0 Å². The van der Waals surface area contributed by atoms with E-state index in [0.717, 1.165) is 33.5 Å². The normalized spacial score (nSPS) is 13.4. The first kappa shape index (κ1) is 29.7. The number of aliphatic hydroxyl groups is 2. The quantitative estimate of drug-likeness (QED) is 0.173. The summed E-state index contributed by atoms with van der Waals surface area (Å²) in [4.78, 5) is 0. The van der Waals surface area contributed by atoms with Gasteiger partial charge in [0.2, 0.25) is 3.57 Å². The molecule has 0 radical (unpaired) electrons. The van der Waals surface area contributed by atoms with Crippen molar-refractivity contribution in [3.05, 3.63) is 54.7 Å². The second-order valence-corrected chi connectivity index (χ2v) is 11.8. The van der Waals surface area contributed by atoms with Gasteiger partial charge in [-0.05, 0) is 42.8 Å². The summed E-state index contributed by atoms with van der Waals surface area (Å²) in [6.45, 7) is 2.85. The maximum absolute atomic E-state index is 10.7. The maximum atomic E-state index is 9.87. The Hall–Kier alpha value is -1.30. The minimum absolute atomic E-state index is 0.0573. The van der Waals surface area contributed by atoms with Gasteiger partial charge in [-0.15, -0.1) is 0 Å². The summed E-state index contributed by atoms with van der Waals surface area (Å²) in [6.07, 6.45) is 4.80. The molecule has 0 saturated heterocycles. The van der Waals surface area contributed by atoms with Gasteiger partial charge in [-0.1, -0.05) is 26.2 Å². The summed E-state index contributed by atoms with van der Waals surface area (Å²) < 4.78 is 72.5. The van der Waals surface area contributed by atoms with Gasteiger partial charge >= 0.3 is 54.2 Å². The summed E-state index contributed by atoms with van der Waals surface area (Å²) in [5.41, 5.74) is 1.66. The molecule has 0 aliphatic carbocycles. The van der Waals surface area contributed by atoms with Gasteiger partial charge in [-0.3, -0.25) is 0 Å². The second kappa shape index (κ2) is 11.9. The van der Waals surface area contributed by atoms with Crippen molar-refractivity contribution in [3.63, 3.8) is 0 Å². The predicted molar refractivity (Wildman–Crippen MR) is 112 cm³/mol. The molecule has 2 N–H and O–H groups in total. The average molecular weight is 616 g/mol. The van der Waals surface area contributed by atoms with E-state index in [2.05, 4.69) is 19.1 Å². The molecule has 0 unspecified atom stereocenters. The van der Waals surface area contributed by atoms with Crippen LogP contribution in [-0.2, 0) is 13.2 Å². The number of benzene rings is 2. The summed E-state index contributed by atoms with van der Waals surface area (Å²) in [7, 11) is -9.07. The van der Waals surface area contributed by atoms with E-state index in [1.54, 1.807) is 7.11 Å². The summed E-state index contributed by atoms with van der Waals surface area (Å²) in [5.74, 6) is 1.56. The Morgan fingerprint density at radius 2 is 1.33 bits per heavy atom. The SMILES string of the molecule is CCCCCCOc1ccc([I+]c2c(CO)cc(OC)cc2CO)cc1.F[P-](F)(F)(F)(F)F. The molecule has 33 heavy (non-hydrogen) atoms. The van der Waals surface area contributed by atoms with Crippen molar-refractivity contribution >= 4 is 7.81 Å². The molecule has 2 rings (SSSR count). The van der Waals surface area contributed by atoms with E-state index in [0.29, 0.717) is 5.75 Å². The standard InChI is InChI=1S/C21H28IO4.F6P/c1-3-4-5-6-11-26-19-9-7-18(8-10-19)22-21-16(14-23)12-20(25-2)13-17(21)15-24;1-7(2,3,4,5)6/h7-10,12-13,23-24H,3-6,11,14-15H2,1-2H3;/q+1;-1. The van der Waals surface area contributed by atoms with Crippen molar-refractivity contribution in [2.45, 2.75) is 45.8 Å². The molecular weight excluding hydrogens is 588 g/mol. The number of methoxy groups -OCH3 is 1. The van der Waals surface area contributed by atoms with Crippen LogP contribution in [0.1, 0.15) is 43.7 Å². The van der Waals surface area contributed by atoms with Crippen LogP contribution in [0.25, 0.3) is 0 Å². The van der Waals surface area contributed by atoms with Crippen LogP contribution in [0.15, 0.2) is 36.4 Å². The number of rotatable bonds is 11. The third-order valence-electron chi connectivity index (χ3n) is 4.06. The Morgan fingerprint density at radius 3 is 1.76 bits per heavy atom. The molecule has 0 aliphatic rings. The van der Waals surface area contributed by atoms with E-state index in [1.807, 2.05) is 24.3 Å². The second-order valence-electron chi connectivity index (χ2n) is 6.99. The Balaban J connectivity index is 0.000000675. The number of aliphatic hydroxyl groups excluding tert-OH is 2. The molecule has 0 bridgehead atoms. The van der Waals surface area contributed by atoms with Crippen LogP contribution < -0.4 is 30.7 Å². The number of ether oxygens (including phenoxy) is 2.